The molecule has 0 aliphatic rings. The summed E-state index contributed by atoms with van der Waals surface area (Å²) in [5, 5.41) is 12.8. The number of aromatic nitrogens is 2. The second-order valence-electron chi connectivity index (χ2n) is 5.14. The van der Waals surface area contributed by atoms with E-state index in [9.17, 15) is 8.42 Å². The summed E-state index contributed by atoms with van der Waals surface area (Å²) in [7, 11) is -1.73. The zero-order chi connectivity index (χ0) is 15.6. The quantitative estimate of drug-likeness (QED) is 0.869. The van der Waals surface area contributed by atoms with Gasteiger partial charge >= 0.3 is 0 Å². The van der Waals surface area contributed by atoms with Gasteiger partial charge in [0.25, 0.3) is 0 Å². The summed E-state index contributed by atoms with van der Waals surface area (Å²) >= 11 is 0. The predicted molar refractivity (Wildman–Crippen MR) is 81.0 cm³/mol. The maximum absolute atomic E-state index is 11.2. The van der Waals surface area contributed by atoms with Gasteiger partial charge in [-0.1, -0.05) is 12.1 Å². The molecule has 0 saturated heterocycles. The van der Waals surface area contributed by atoms with E-state index in [2.05, 4.69) is 17.3 Å². The predicted octanol–water partition coefficient (Wildman–Crippen LogP) is 1.23. The monoisotopic (exact) mass is 308 g/mol. The number of nitrogens with two attached hydrogens (primary N) is 1. The Morgan fingerprint density at radius 2 is 1.95 bits per heavy atom. The maximum atomic E-state index is 11.2. The van der Waals surface area contributed by atoms with Crippen LogP contribution < -0.4 is 10.5 Å². The molecular weight excluding hydrogens is 288 g/mol. The van der Waals surface area contributed by atoms with Crippen molar-refractivity contribution in [1.82, 2.24) is 15.1 Å². The number of hydrogen-bond donors (Lipinski definition) is 2. The van der Waals surface area contributed by atoms with Crippen molar-refractivity contribution in [2.24, 2.45) is 12.2 Å². The Balaban J connectivity index is 2.01. The van der Waals surface area contributed by atoms with Gasteiger partial charge < -0.3 is 5.32 Å². The summed E-state index contributed by atoms with van der Waals surface area (Å²) < 4.78 is 24.2. The van der Waals surface area contributed by atoms with Crippen LogP contribution in [0.4, 0.5) is 0 Å². The first-order valence-electron chi connectivity index (χ1n) is 6.62. The van der Waals surface area contributed by atoms with Crippen molar-refractivity contribution in [3.63, 3.8) is 0 Å². The van der Waals surface area contributed by atoms with Crippen LogP contribution in [0.2, 0.25) is 0 Å². The van der Waals surface area contributed by atoms with E-state index in [0.717, 1.165) is 16.8 Å². The van der Waals surface area contributed by atoms with E-state index in [4.69, 9.17) is 5.14 Å². The van der Waals surface area contributed by atoms with Crippen molar-refractivity contribution in [2.75, 3.05) is 0 Å². The second kappa shape index (κ2) is 5.97. The van der Waals surface area contributed by atoms with E-state index < -0.39 is 10.0 Å². The van der Waals surface area contributed by atoms with Crippen molar-refractivity contribution in [3.05, 3.63) is 47.3 Å². The second-order valence-corrected chi connectivity index (χ2v) is 6.70. The van der Waals surface area contributed by atoms with Gasteiger partial charge in [0.15, 0.2) is 0 Å². The molecule has 1 unspecified atom stereocenters. The average molecular weight is 308 g/mol. The standard InChI is InChI=1S/C14H20N4O2S/c1-10(14-9-18(3)17-11(14)2)16-8-12-4-6-13(7-5-12)21(15,19)20/h4-7,9-10,16H,8H2,1-3H3,(H2,15,19,20). The third kappa shape index (κ3) is 3.90. The van der Waals surface area contributed by atoms with Gasteiger partial charge in [-0.2, -0.15) is 5.10 Å². The number of hydrogen-bond acceptors (Lipinski definition) is 4. The van der Waals surface area contributed by atoms with Crippen LogP contribution in [-0.2, 0) is 23.6 Å². The molecule has 2 aromatic rings. The smallest absolute Gasteiger partial charge is 0.238 e. The number of aryl methyl sites for hydroxylation is 2. The fourth-order valence-corrected chi connectivity index (χ4v) is 2.74. The van der Waals surface area contributed by atoms with Gasteiger partial charge in [-0.15, -0.1) is 0 Å². The van der Waals surface area contributed by atoms with E-state index in [1.807, 2.05) is 20.2 Å². The number of primary sulfonamides is 1. The Bertz CT molecular complexity index is 720. The van der Waals surface area contributed by atoms with Gasteiger partial charge in [-0.05, 0) is 31.5 Å². The lowest BCUT2D eigenvalue weighted by Gasteiger charge is -2.13. The number of rotatable bonds is 5. The molecule has 0 amide bonds. The van der Waals surface area contributed by atoms with E-state index >= 15 is 0 Å². The molecule has 0 fully saturated rings. The van der Waals surface area contributed by atoms with Gasteiger partial charge in [0.1, 0.15) is 0 Å². The zero-order valence-corrected chi connectivity index (χ0v) is 13.2. The molecule has 114 valence electrons. The SMILES string of the molecule is Cc1nn(C)cc1C(C)NCc1ccc(S(N)(=O)=O)cc1. The highest BCUT2D eigenvalue weighted by Crippen LogP contribution is 2.16. The molecule has 7 heteroatoms. The van der Waals surface area contributed by atoms with Gasteiger partial charge in [0.2, 0.25) is 10.0 Å². The minimum atomic E-state index is -3.63. The van der Waals surface area contributed by atoms with Gasteiger partial charge in [-0.25, -0.2) is 13.6 Å². The first-order chi connectivity index (χ1) is 9.77. The van der Waals surface area contributed by atoms with E-state index in [1.165, 1.54) is 12.1 Å². The summed E-state index contributed by atoms with van der Waals surface area (Å²) in [6, 6.07) is 6.72. The van der Waals surface area contributed by atoms with Crippen molar-refractivity contribution in [1.29, 1.82) is 0 Å². The topological polar surface area (TPSA) is 90.0 Å². The molecule has 1 heterocycles. The summed E-state index contributed by atoms with van der Waals surface area (Å²) in [6.07, 6.45) is 2.00. The fourth-order valence-electron chi connectivity index (χ4n) is 2.22. The maximum Gasteiger partial charge on any atom is 0.238 e. The van der Waals surface area contributed by atoms with Crippen molar-refractivity contribution < 1.29 is 8.42 Å². The molecule has 1 aromatic heterocycles. The molecule has 1 aromatic carbocycles. The molecule has 6 nitrogen and oxygen atoms in total. The molecule has 21 heavy (non-hydrogen) atoms. The minimum Gasteiger partial charge on any atom is -0.306 e. The fraction of sp³-hybridized carbons (Fsp3) is 0.357. The Kier molecular flexibility index (Phi) is 4.46. The summed E-state index contributed by atoms with van der Waals surface area (Å²) in [5.41, 5.74) is 3.15. The molecule has 0 spiro atoms. The van der Waals surface area contributed by atoms with Crippen LogP contribution in [0.3, 0.4) is 0 Å². The van der Waals surface area contributed by atoms with Crippen LogP contribution in [0.1, 0.15) is 29.8 Å². The first kappa shape index (κ1) is 15.7. The molecule has 0 aliphatic carbocycles. The third-order valence-electron chi connectivity index (χ3n) is 3.38. The van der Waals surface area contributed by atoms with Crippen molar-refractivity contribution >= 4 is 10.0 Å². The van der Waals surface area contributed by atoms with Crippen LogP contribution >= 0.6 is 0 Å². The van der Waals surface area contributed by atoms with E-state index in [1.54, 1.807) is 16.8 Å². The summed E-state index contributed by atoms with van der Waals surface area (Å²) in [4.78, 5) is 0.127. The molecule has 1 atom stereocenters. The lowest BCUT2D eigenvalue weighted by Crippen LogP contribution is -2.18. The normalized spacial score (nSPS) is 13.3. The molecule has 2 rings (SSSR count). The highest BCUT2D eigenvalue weighted by Gasteiger charge is 2.11. The number of nitrogens with zero attached hydrogens (tertiary/aromatic N) is 2. The average Bonchev–Trinajstić information content (AvgIpc) is 2.74. The van der Waals surface area contributed by atoms with Crippen LogP contribution in [-0.4, -0.2) is 18.2 Å². The Hall–Kier alpha value is -1.70. The highest BCUT2D eigenvalue weighted by atomic mass is 32.2. The zero-order valence-electron chi connectivity index (χ0n) is 12.4. The van der Waals surface area contributed by atoms with Crippen LogP contribution in [0.15, 0.2) is 35.4 Å². The molecule has 3 N–H and O–H groups in total. The lowest BCUT2D eigenvalue weighted by atomic mass is 10.1. The lowest BCUT2D eigenvalue weighted by molar-refractivity contribution is 0.571. The van der Waals surface area contributed by atoms with Gasteiger partial charge in [0, 0.05) is 31.4 Å². The molecule has 0 saturated carbocycles. The first-order valence-corrected chi connectivity index (χ1v) is 8.17. The Labute approximate surface area is 125 Å². The summed E-state index contributed by atoms with van der Waals surface area (Å²) in [6.45, 7) is 4.69. The molecule has 0 radical (unpaired) electrons. The summed E-state index contributed by atoms with van der Waals surface area (Å²) in [5.74, 6) is 0. The van der Waals surface area contributed by atoms with Crippen molar-refractivity contribution in [3.8, 4) is 0 Å². The molecule has 0 aliphatic heterocycles. The van der Waals surface area contributed by atoms with E-state index in [0.29, 0.717) is 6.54 Å². The Morgan fingerprint density at radius 1 is 1.33 bits per heavy atom. The van der Waals surface area contributed by atoms with Crippen LogP contribution in [0.5, 0.6) is 0 Å². The third-order valence-corrected chi connectivity index (χ3v) is 4.31. The number of sulfonamides is 1. The van der Waals surface area contributed by atoms with Gasteiger partial charge in [0.05, 0.1) is 10.6 Å². The molecular formula is C14H20N4O2S. The Morgan fingerprint density at radius 3 is 2.43 bits per heavy atom. The van der Waals surface area contributed by atoms with Crippen molar-refractivity contribution in [2.45, 2.75) is 31.3 Å². The van der Waals surface area contributed by atoms with Gasteiger partial charge in [-0.3, -0.25) is 4.68 Å². The van der Waals surface area contributed by atoms with Crippen LogP contribution in [0.25, 0.3) is 0 Å². The minimum absolute atomic E-state index is 0.127. The van der Waals surface area contributed by atoms with Crippen LogP contribution in [0, 0.1) is 6.92 Å². The molecule has 0 bridgehead atoms. The number of nitrogens with one attached hydrogen (secondary N) is 1. The van der Waals surface area contributed by atoms with E-state index in [-0.39, 0.29) is 10.9 Å². The number of benzene rings is 1. The largest absolute Gasteiger partial charge is 0.306 e. The highest BCUT2D eigenvalue weighted by molar-refractivity contribution is 7.89.